The maximum absolute atomic E-state index is 9.73. The van der Waals surface area contributed by atoms with Gasteiger partial charge in [-0.2, -0.15) is 0 Å². The first-order valence-electron chi connectivity index (χ1n) is 7.64. The number of aryl methyl sites for hydroxylation is 1. The highest BCUT2D eigenvalue weighted by molar-refractivity contribution is 6.33. The molecule has 5 nitrogen and oxygen atoms in total. The number of hydrogen-bond donors (Lipinski definition) is 1. The lowest BCUT2D eigenvalue weighted by molar-refractivity contribution is 0.198. The fraction of sp³-hybridized carbons (Fsp3) is 0.294. The van der Waals surface area contributed by atoms with E-state index in [1.807, 2.05) is 41.9 Å². The zero-order chi connectivity index (χ0) is 16.0. The standard InChI is InChI=1S/C17H17ClN4O/c1-21-15-5-3-2-4-14(15)20-17(21)12-8-16(19-9-13(12)18)22-7-6-11(23)10-22/h2-5,8-9,11,23H,6-7,10H2,1H3/t11-/m1/s1. The molecule has 1 saturated heterocycles. The first kappa shape index (κ1) is 14.5. The molecule has 0 saturated carbocycles. The number of imidazole rings is 1. The summed E-state index contributed by atoms with van der Waals surface area (Å²) in [6.07, 6.45) is 2.15. The SMILES string of the molecule is Cn1c(-c2cc(N3CC[C@@H](O)C3)ncc2Cl)nc2ccccc21. The van der Waals surface area contributed by atoms with Gasteiger partial charge < -0.3 is 14.6 Å². The van der Waals surface area contributed by atoms with Crippen molar-refractivity contribution in [1.29, 1.82) is 0 Å². The Balaban J connectivity index is 1.82. The number of β-amino-alcohol motifs (C(OH)–C–C–N with tert-alkyl or cyclic N) is 1. The van der Waals surface area contributed by atoms with Crippen molar-refractivity contribution in [3.63, 3.8) is 0 Å². The number of halogens is 1. The maximum Gasteiger partial charge on any atom is 0.142 e. The van der Waals surface area contributed by atoms with E-state index in [4.69, 9.17) is 16.6 Å². The van der Waals surface area contributed by atoms with Crippen LogP contribution in [-0.4, -0.2) is 38.8 Å². The predicted molar refractivity (Wildman–Crippen MR) is 91.8 cm³/mol. The number of pyridine rings is 1. The zero-order valence-corrected chi connectivity index (χ0v) is 13.5. The lowest BCUT2D eigenvalue weighted by Crippen LogP contribution is -2.22. The second kappa shape index (κ2) is 5.51. The molecule has 2 aromatic heterocycles. The Morgan fingerprint density at radius 2 is 2.13 bits per heavy atom. The van der Waals surface area contributed by atoms with Crippen molar-refractivity contribution >= 4 is 28.5 Å². The van der Waals surface area contributed by atoms with Crippen molar-refractivity contribution in [2.75, 3.05) is 18.0 Å². The summed E-state index contributed by atoms with van der Waals surface area (Å²) in [7, 11) is 1.99. The van der Waals surface area contributed by atoms with E-state index in [2.05, 4.69) is 9.88 Å². The Morgan fingerprint density at radius 3 is 2.87 bits per heavy atom. The van der Waals surface area contributed by atoms with E-state index in [0.717, 1.165) is 41.2 Å². The molecule has 6 heteroatoms. The predicted octanol–water partition coefficient (Wildman–Crippen LogP) is 2.86. The fourth-order valence-corrected chi connectivity index (χ4v) is 3.30. The van der Waals surface area contributed by atoms with Crippen LogP contribution in [0, 0.1) is 0 Å². The Kier molecular flexibility index (Phi) is 3.47. The normalized spacial score (nSPS) is 18.0. The third-order valence-corrected chi connectivity index (χ3v) is 4.66. The molecule has 1 atom stereocenters. The highest BCUT2D eigenvalue weighted by atomic mass is 35.5. The average molecular weight is 329 g/mol. The summed E-state index contributed by atoms with van der Waals surface area (Å²) in [6, 6.07) is 9.97. The van der Waals surface area contributed by atoms with Gasteiger partial charge in [0.1, 0.15) is 11.6 Å². The number of fused-ring (bicyclic) bond motifs is 1. The molecule has 1 fully saturated rings. The maximum atomic E-state index is 9.73. The summed E-state index contributed by atoms with van der Waals surface area (Å²) in [5.74, 6) is 1.65. The van der Waals surface area contributed by atoms with E-state index in [9.17, 15) is 5.11 Å². The monoisotopic (exact) mass is 328 g/mol. The van der Waals surface area contributed by atoms with E-state index in [-0.39, 0.29) is 6.10 Å². The molecule has 0 aliphatic carbocycles. The van der Waals surface area contributed by atoms with Crippen molar-refractivity contribution in [1.82, 2.24) is 14.5 Å². The van der Waals surface area contributed by atoms with Crippen LogP contribution in [0.1, 0.15) is 6.42 Å². The molecular weight excluding hydrogens is 312 g/mol. The number of rotatable bonds is 2. The summed E-state index contributed by atoms with van der Waals surface area (Å²) in [5, 5.41) is 10.3. The Hall–Kier alpha value is -2.11. The molecule has 3 aromatic rings. The van der Waals surface area contributed by atoms with Gasteiger partial charge in [0.2, 0.25) is 0 Å². The van der Waals surface area contributed by atoms with Crippen LogP contribution in [0.5, 0.6) is 0 Å². The van der Waals surface area contributed by atoms with Gasteiger partial charge in [-0.3, -0.25) is 0 Å². The Labute approximate surface area is 139 Å². The first-order chi connectivity index (χ1) is 11.1. The minimum absolute atomic E-state index is 0.285. The van der Waals surface area contributed by atoms with Gasteiger partial charge in [0.25, 0.3) is 0 Å². The molecule has 23 heavy (non-hydrogen) atoms. The van der Waals surface area contributed by atoms with Crippen LogP contribution in [0.4, 0.5) is 5.82 Å². The molecule has 4 rings (SSSR count). The van der Waals surface area contributed by atoms with Gasteiger partial charge in [0.15, 0.2) is 0 Å². The molecule has 0 bridgehead atoms. The molecular formula is C17H17ClN4O. The number of aromatic nitrogens is 3. The third-order valence-electron chi connectivity index (χ3n) is 4.36. The minimum atomic E-state index is -0.285. The van der Waals surface area contributed by atoms with Crippen LogP contribution in [-0.2, 0) is 7.05 Å². The third kappa shape index (κ3) is 2.46. The first-order valence-corrected chi connectivity index (χ1v) is 8.01. The fourth-order valence-electron chi connectivity index (χ4n) is 3.11. The highest BCUT2D eigenvalue weighted by Crippen LogP contribution is 2.32. The summed E-state index contributed by atoms with van der Waals surface area (Å²) in [6.45, 7) is 1.41. The largest absolute Gasteiger partial charge is 0.391 e. The van der Waals surface area contributed by atoms with Crippen molar-refractivity contribution in [2.24, 2.45) is 7.05 Å². The second-order valence-corrected chi connectivity index (χ2v) is 6.30. The lowest BCUT2D eigenvalue weighted by atomic mass is 10.2. The average Bonchev–Trinajstić information content (AvgIpc) is 3.13. The van der Waals surface area contributed by atoms with Crippen LogP contribution in [0.15, 0.2) is 36.5 Å². The van der Waals surface area contributed by atoms with E-state index in [0.29, 0.717) is 11.6 Å². The smallest absolute Gasteiger partial charge is 0.142 e. The number of benzene rings is 1. The van der Waals surface area contributed by atoms with Gasteiger partial charge in [0, 0.05) is 31.9 Å². The van der Waals surface area contributed by atoms with E-state index in [1.165, 1.54) is 0 Å². The summed E-state index contributed by atoms with van der Waals surface area (Å²) in [5.41, 5.74) is 2.86. The molecule has 0 spiro atoms. The summed E-state index contributed by atoms with van der Waals surface area (Å²) < 4.78 is 2.04. The molecule has 0 unspecified atom stereocenters. The highest BCUT2D eigenvalue weighted by Gasteiger charge is 2.23. The molecule has 0 amide bonds. The number of aliphatic hydroxyl groups excluding tert-OH is 1. The Bertz CT molecular complexity index is 876. The number of nitrogens with zero attached hydrogens (tertiary/aromatic N) is 4. The minimum Gasteiger partial charge on any atom is -0.391 e. The van der Waals surface area contributed by atoms with Crippen LogP contribution in [0.25, 0.3) is 22.4 Å². The van der Waals surface area contributed by atoms with E-state index in [1.54, 1.807) is 6.20 Å². The van der Waals surface area contributed by atoms with Crippen LogP contribution < -0.4 is 4.90 Å². The summed E-state index contributed by atoms with van der Waals surface area (Å²) in [4.78, 5) is 11.2. The zero-order valence-electron chi connectivity index (χ0n) is 12.8. The molecule has 1 aliphatic heterocycles. The molecule has 0 radical (unpaired) electrons. The molecule has 1 aliphatic rings. The van der Waals surface area contributed by atoms with Gasteiger partial charge >= 0.3 is 0 Å². The van der Waals surface area contributed by atoms with Gasteiger partial charge in [-0.15, -0.1) is 0 Å². The number of para-hydroxylation sites is 2. The van der Waals surface area contributed by atoms with E-state index < -0.39 is 0 Å². The Morgan fingerprint density at radius 1 is 1.30 bits per heavy atom. The van der Waals surface area contributed by atoms with Crippen molar-refractivity contribution < 1.29 is 5.11 Å². The topological polar surface area (TPSA) is 54.2 Å². The summed E-state index contributed by atoms with van der Waals surface area (Å²) >= 11 is 6.38. The van der Waals surface area contributed by atoms with E-state index >= 15 is 0 Å². The molecule has 1 aromatic carbocycles. The van der Waals surface area contributed by atoms with Crippen molar-refractivity contribution in [2.45, 2.75) is 12.5 Å². The second-order valence-electron chi connectivity index (χ2n) is 5.89. The van der Waals surface area contributed by atoms with Gasteiger partial charge in [-0.25, -0.2) is 9.97 Å². The van der Waals surface area contributed by atoms with Gasteiger partial charge in [0.05, 0.1) is 22.2 Å². The van der Waals surface area contributed by atoms with Crippen LogP contribution in [0.2, 0.25) is 5.02 Å². The molecule has 118 valence electrons. The van der Waals surface area contributed by atoms with Crippen LogP contribution >= 0.6 is 11.6 Å². The van der Waals surface area contributed by atoms with Gasteiger partial charge in [-0.05, 0) is 24.6 Å². The quantitative estimate of drug-likeness (QED) is 0.786. The number of aliphatic hydroxyl groups is 1. The number of hydrogen-bond acceptors (Lipinski definition) is 4. The molecule has 1 N–H and O–H groups in total. The molecule has 3 heterocycles. The van der Waals surface area contributed by atoms with Crippen molar-refractivity contribution in [3.05, 3.63) is 41.6 Å². The van der Waals surface area contributed by atoms with Crippen LogP contribution in [0.3, 0.4) is 0 Å². The van der Waals surface area contributed by atoms with Gasteiger partial charge in [-0.1, -0.05) is 23.7 Å². The van der Waals surface area contributed by atoms with Crippen molar-refractivity contribution in [3.8, 4) is 11.4 Å². The number of anilines is 1. The lowest BCUT2D eigenvalue weighted by Gasteiger charge is -2.17.